The number of ether oxygens (including phenoxy) is 4. The Balaban J connectivity index is 1.11. The summed E-state index contributed by atoms with van der Waals surface area (Å²) in [5, 5.41) is 76.6. The standard InChI is InChI=1S/C44H71NO13/c1-22(47)45-30-33(50)32(49)26(21-55-37-35(52)34(51)31(48)25(20-46)56-37)57-36(30)58-29-12-13-41(6)27(40(29,4)5)11-14-43(8)28(41)10-9-23-24-19-39(2,3)15-17-44(24,38(53)54)18-16-42(23,43)7/h9,24-37,46,48-52H,10-21H2,1-8H3,(H,45,47)(H,53,54)/t24-,25+,26+,27-,28-,29-,30+,31+,32+,33+,34-,35+,36-,37+,41-,42+,43+,44-/m0/s1. The molecule has 14 heteroatoms. The van der Waals surface area contributed by atoms with Crippen LogP contribution in [0, 0.1) is 50.2 Å². The van der Waals surface area contributed by atoms with Crippen LogP contribution in [0.5, 0.6) is 0 Å². The van der Waals surface area contributed by atoms with E-state index in [1.165, 1.54) is 12.5 Å². The van der Waals surface area contributed by atoms with Crippen molar-refractivity contribution in [3.8, 4) is 0 Å². The van der Waals surface area contributed by atoms with Crippen LogP contribution in [0.2, 0.25) is 0 Å². The Morgan fingerprint density at radius 3 is 2.10 bits per heavy atom. The zero-order valence-corrected chi connectivity index (χ0v) is 35.7. The van der Waals surface area contributed by atoms with E-state index >= 15 is 0 Å². The molecule has 2 heterocycles. The summed E-state index contributed by atoms with van der Waals surface area (Å²) in [5.41, 5.74) is 0.267. The van der Waals surface area contributed by atoms with Crippen LogP contribution in [-0.2, 0) is 28.5 Å². The fourth-order valence-electron chi connectivity index (χ4n) is 14.0. The minimum atomic E-state index is -1.66. The smallest absolute Gasteiger partial charge is 0.310 e. The molecule has 2 aliphatic heterocycles. The summed E-state index contributed by atoms with van der Waals surface area (Å²) in [4.78, 5) is 25.5. The van der Waals surface area contributed by atoms with Gasteiger partial charge in [0.1, 0.15) is 48.8 Å². The van der Waals surface area contributed by atoms with Gasteiger partial charge < -0.3 is 60.0 Å². The number of aliphatic hydroxyl groups excluding tert-OH is 6. The van der Waals surface area contributed by atoms with Crippen molar-refractivity contribution in [1.29, 1.82) is 0 Å². The lowest BCUT2D eigenvalue weighted by molar-refractivity contribution is -0.331. The van der Waals surface area contributed by atoms with Crippen molar-refractivity contribution in [3.05, 3.63) is 11.6 Å². The maximum atomic E-state index is 13.1. The average Bonchev–Trinajstić information content (AvgIpc) is 3.14. The Kier molecular flexibility index (Phi) is 11.7. The summed E-state index contributed by atoms with van der Waals surface area (Å²) in [6.45, 7) is 16.7. The predicted molar refractivity (Wildman–Crippen MR) is 210 cm³/mol. The van der Waals surface area contributed by atoms with E-state index in [0.717, 1.165) is 51.4 Å². The van der Waals surface area contributed by atoms with Crippen molar-refractivity contribution in [1.82, 2.24) is 5.32 Å². The predicted octanol–water partition coefficient (Wildman–Crippen LogP) is 3.03. The molecule has 8 N–H and O–H groups in total. The molecule has 0 aromatic carbocycles. The first-order valence-electron chi connectivity index (χ1n) is 21.8. The lowest BCUT2D eigenvalue weighted by atomic mass is 9.33. The second-order valence-electron chi connectivity index (χ2n) is 21.4. The highest BCUT2D eigenvalue weighted by atomic mass is 16.7. The van der Waals surface area contributed by atoms with Gasteiger partial charge >= 0.3 is 5.97 Å². The van der Waals surface area contributed by atoms with Crippen LogP contribution in [0.4, 0.5) is 0 Å². The van der Waals surface area contributed by atoms with Gasteiger partial charge in [-0.1, -0.05) is 60.1 Å². The number of hydrogen-bond acceptors (Lipinski definition) is 12. The molecular formula is C44H71NO13. The molecule has 0 unspecified atom stereocenters. The largest absolute Gasteiger partial charge is 0.481 e. The first-order chi connectivity index (χ1) is 27.0. The Hall–Kier alpha value is -1.72. The van der Waals surface area contributed by atoms with Gasteiger partial charge in [-0.3, -0.25) is 9.59 Å². The molecule has 0 aromatic heterocycles. The number of amides is 1. The molecule has 4 saturated carbocycles. The summed E-state index contributed by atoms with van der Waals surface area (Å²) < 4.78 is 24.3. The van der Waals surface area contributed by atoms with E-state index in [1.54, 1.807) is 0 Å². The molecule has 1 amide bonds. The van der Waals surface area contributed by atoms with Crippen LogP contribution in [0.3, 0.4) is 0 Å². The van der Waals surface area contributed by atoms with Gasteiger partial charge in [0.2, 0.25) is 5.91 Å². The van der Waals surface area contributed by atoms with Gasteiger partial charge in [-0.25, -0.2) is 0 Å². The summed E-state index contributed by atoms with van der Waals surface area (Å²) in [7, 11) is 0. The van der Waals surface area contributed by atoms with E-state index in [4.69, 9.17) is 18.9 Å². The van der Waals surface area contributed by atoms with E-state index in [9.17, 15) is 45.3 Å². The van der Waals surface area contributed by atoms with Crippen molar-refractivity contribution in [3.63, 3.8) is 0 Å². The number of allylic oxidation sites excluding steroid dienone is 2. The zero-order chi connectivity index (χ0) is 42.5. The highest BCUT2D eigenvalue weighted by molar-refractivity contribution is 5.76. The molecule has 7 rings (SSSR count). The average molecular weight is 822 g/mol. The molecule has 0 radical (unpaired) electrons. The van der Waals surface area contributed by atoms with Crippen LogP contribution < -0.4 is 5.32 Å². The molecule has 18 atom stereocenters. The van der Waals surface area contributed by atoms with Gasteiger partial charge in [-0.2, -0.15) is 0 Å². The molecule has 0 spiro atoms. The lowest BCUT2D eigenvalue weighted by Gasteiger charge is -2.71. The molecule has 5 aliphatic carbocycles. The fraction of sp³-hybridized carbons (Fsp3) is 0.909. The third-order valence-electron chi connectivity index (χ3n) is 17.6. The highest BCUT2D eigenvalue weighted by Crippen LogP contribution is 2.76. The first-order valence-corrected chi connectivity index (χ1v) is 21.8. The zero-order valence-electron chi connectivity index (χ0n) is 35.7. The summed E-state index contributed by atoms with van der Waals surface area (Å²) in [5.74, 6) is -0.389. The summed E-state index contributed by atoms with van der Waals surface area (Å²) in [6.07, 6.45) is -2.20. The number of carbonyl (C=O) groups is 2. The molecule has 14 nitrogen and oxygen atoms in total. The third-order valence-corrected chi connectivity index (χ3v) is 17.6. The van der Waals surface area contributed by atoms with Crippen molar-refractivity contribution in [2.45, 2.75) is 187 Å². The van der Waals surface area contributed by atoms with Gasteiger partial charge in [0.05, 0.1) is 24.7 Å². The van der Waals surface area contributed by atoms with E-state index in [1.807, 2.05) is 0 Å². The van der Waals surface area contributed by atoms with E-state index in [-0.39, 0.29) is 45.0 Å². The maximum absolute atomic E-state index is 13.1. The van der Waals surface area contributed by atoms with Crippen LogP contribution >= 0.6 is 0 Å². The quantitative estimate of drug-likeness (QED) is 0.130. The number of hydrogen-bond donors (Lipinski definition) is 8. The molecule has 0 bridgehead atoms. The molecule has 2 saturated heterocycles. The number of carboxylic acids is 1. The van der Waals surface area contributed by atoms with Gasteiger partial charge in [-0.05, 0) is 109 Å². The fourth-order valence-corrected chi connectivity index (χ4v) is 14.0. The molecular weight excluding hydrogens is 750 g/mol. The monoisotopic (exact) mass is 821 g/mol. The van der Waals surface area contributed by atoms with E-state index in [0.29, 0.717) is 18.8 Å². The van der Waals surface area contributed by atoms with Gasteiger partial charge in [0, 0.05) is 6.92 Å². The van der Waals surface area contributed by atoms with Gasteiger partial charge in [-0.15, -0.1) is 0 Å². The Labute approximate surface area is 343 Å². The van der Waals surface area contributed by atoms with Crippen LogP contribution in [-0.4, -0.2) is 128 Å². The van der Waals surface area contributed by atoms with Crippen LogP contribution in [0.25, 0.3) is 0 Å². The lowest BCUT2D eigenvalue weighted by Crippen LogP contribution is -2.67. The van der Waals surface area contributed by atoms with E-state index < -0.39 is 91.9 Å². The van der Waals surface area contributed by atoms with Crippen molar-refractivity contribution in [2.75, 3.05) is 13.2 Å². The van der Waals surface area contributed by atoms with Crippen molar-refractivity contribution >= 4 is 11.9 Å². The third kappa shape index (κ3) is 6.82. The van der Waals surface area contributed by atoms with Crippen molar-refractivity contribution < 1.29 is 64.3 Å². The highest BCUT2D eigenvalue weighted by Gasteiger charge is 2.69. The van der Waals surface area contributed by atoms with Crippen LogP contribution in [0.1, 0.15) is 120 Å². The number of carbonyl (C=O) groups excluding carboxylic acids is 1. The number of nitrogens with one attached hydrogen (secondary N) is 1. The molecule has 0 aromatic rings. The molecule has 58 heavy (non-hydrogen) atoms. The van der Waals surface area contributed by atoms with Crippen LogP contribution in [0.15, 0.2) is 11.6 Å². The minimum Gasteiger partial charge on any atom is -0.481 e. The summed E-state index contributed by atoms with van der Waals surface area (Å²) >= 11 is 0. The van der Waals surface area contributed by atoms with E-state index in [2.05, 4.69) is 59.9 Å². The second kappa shape index (κ2) is 15.3. The first kappa shape index (κ1) is 44.3. The molecule has 7 aliphatic rings. The number of rotatable bonds is 8. The number of fused-ring (bicyclic) bond motifs is 7. The molecule has 330 valence electrons. The SMILES string of the molecule is CC(=O)N[C@H]1[C@H](O[C@H]2CC[C@@]3(C)[C@@H](CC[C@]4(C)[C@H]3CC=C3[C@@H]5CC(C)(C)CC[C@]5(C(=O)O)CC[C@]34C)C2(C)C)O[C@H](CO[C@@H]2O[C@H](CO)[C@@H](O)[C@H](O)[C@H]2O)[C@@H](O)[C@@H]1O. The Morgan fingerprint density at radius 1 is 0.793 bits per heavy atom. The summed E-state index contributed by atoms with van der Waals surface area (Å²) in [6, 6.07) is -1.11. The number of carboxylic acid groups (broad SMARTS) is 1. The maximum Gasteiger partial charge on any atom is 0.310 e. The van der Waals surface area contributed by atoms with Gasteiger partial charge in [0.25, 0.3) is 0 Å². The normalized spacial score (nSPS) is 50.9. The topological polar surface area (TPSA) is 225 Å². The Bertz CT molecular complexity index is 1600. The number of aliphatic hydroxyl groups is 6. The molecule has 6 fully saturated rings. The van der Waals surface area contributed by atoms with Crippen molar-refractivity contribution in [2.24, 2.45) is 50.2 Å². The second-order valence-corrected chi connectivity index (χ2v) is 21.4. The minimum absolute atomic E-state index is 0.0181. The van der Waals surface area contributed by atoms with Gasteiger partial charge in [0.15, 0.2) is 12.6 Å². The number of aliphatic carboxylic acids is 1. The Morgan fingerprint density at radius 2 is 1.45 bits per heavy atom.